The van der Waals surface area contributed by atoms with Gasteiger partial charge in [-0.25, -0.2) is 4.99 Å². The number of ether oxygens (including phenoxy) is 2. The first-order chi connectivity index (χ1) is 13.0. The minimum atomic E-state index is 0. The lowest BCUT2D eigenvalue weighted by molar-refractivity contribution is 0.0258. The Kier molecular flexibility index (Phi) is 11.9. The Labute approximate surface area is 186 Å². The molecule has 2 rings (SSSR count). The molecule has 1 aromatic heterocycles. The standard InChI is InChI=1S/C19H36N6O2.HI/c1-6-26-17(14(2)3)9-10-20-19(21-12-16-8-7-11-27-16)22-13-18-24-23-15(4)25(18)5;/h14,16-17H,6-13H2,1-5H3,(H2,20,21,22);1H. The van der Waals surface area contributed by atoms with Crippen molar-refractivity contribution in [2.45, 2.75) is 65.7 Å². The molecule has 2 N–H and O–H groups in total. The first kappa shape index (κ1) is 25.1. The Morgan fingerprint density at radius 2 is 2.14 bits per heavy atom. The monoisotopic (exact) mass is 508 g/mol. The molecular weight excluding hydrogens is 471 g/mol. The van der Waals surface area contributed by atoms with E-state index in [0.717, 1.165) is 63.2 Å². The lowest BCUT2D eigenvalue weighted by Crippen LogP contribution is -2.42. The van der Waals surface area contributed by atoms with Gasteiger partial charge in [0.2, 0.25) is 0 Å². The maximum atomic E-state index is 5.83. The molecule has 0 aliphatic carbocycles. The van der Waals surface area contributed by atoms with E-state index in [1.807, 2.05) is 25.5 Å². The van der Waals surface area contributed by atoms with Crippen LogP contribution < -0.4 is 10.6 Å². The van der Waals surface area contributed by atoms with Crippen LogP contribution in [0.2, 0.25) is 0 Å². The Morgan fingerprint density at radius 3 is 2.71 bits per heavy atom. The fourth-order valence-corrected chi connectivity index (χ4v) is 3.08. The lowest BCUT2D eigenvalue weighted by Gasteiger charge is -2.22. The van der Waals surface area contributed by atoms with E-state index in [4.69, 9.17) is 14.5 Å². The molecule has 9 heteroatoms. The second kappa shape index (κ2) is 13.3. The minimum Gasteiger partial charge on any atom is -0.378 e. The van der Waals surface area contributed by atoms with Crippen molar-refractivity contribution >= 4 is 29.9 Å². The molecule has 1 aliphatic heterocycles. The van der Waals surface area contributed by atoms with Gasteiger partial charge in [-0.1, -0.05) is 13.8 Å². The van der Waals surface area contributed by atoms with Crippen LogP contribution in [0.1, 0.15) is 51.7 Å². The summed E-state index contributed by atoms with van der Waals surface area (Å²) < 4.78 is 13.5. The SMILES string of the molecule is CCOC(CCNC(=NCc1nnc(C)n1C)NCC1CCCO1)C(C)C.I. The number of nitrogens with one attached hydrogen (secondary N) is 2. The molecule has 0 aromatic carbocycles. The molecule has 0 bridgehead atoms. The number of aromatic nitrogens is 3. The van der Waals surface area contributed by atoms with Gasteiger partial charge in [0.1, 0.15) is 12.4 Å². The highest BCUT2D eigenvalue weighted by Gasteiger charge is 2.17. The number of hydrogen-bond donors (Lipinski definition) is 2. The zero-order valence-electron chi connectivity index (χ0n) is 17.9. The molecule has 1 saturated heterocycles. The summed E-state index contributed by atoms with van der Waals surface area (Å²) in [7, 11) is 1.96. The fourth-order valence-electron chi connectivity index (χ4n) is 3.08. The second-order valence-corrected chi connectivity index (χ2v) is 7.36. The van der Waals surface area contributed by atoms with Crippen molar-refractivity contribution in [2.24, 2.45) is 18.0 Å². The summed E-state index contributed by atoms with van der Waals surface area (Å²) >= 11 is 0. The van der Waals surface area contributed by atoms with Gasteiger partial charge in [-0.2, -0.15) is 0 Å². The number of nitrogens with zero attached hydrogens (tertiary/aromatic N) is 4. The van der Waals surface area contributed by atoms with Crippen LogP contribution in [0.5, 0.6) is 0 Å². The number of rotatable bonds is 10. The largest absolute Gasteiger partial charge is 0.378 e. The maximum Gasteiger partial charge on any atom is 0.191 e. The Bertz CT molecular complexity index is 587. The van der Waals surface area contributed by atoms with Crippen LogP contribution in [0.25, 0.3) is 0 Å². The highest BCUT2D eigenvalue weighted by molar-refractivity contribution is 14.0. The van der Waals surface area contributed by atoms with Gasteiger partial charge in [-0.3, -0.25) is 0 Å². The number of guanidine groups is 1. The van der Waals surface area contributed by atoms with Crippen LogP contribution in [0.4, 0.5) is 0 Å². The van der Waals surface area contributed by atoms with Gasteiger partial charge in [-0.15, -0.1) is 34.2 Å². The second-order valence-electron chi connectivity index (χ2n) is 7.36. The van der Waals surface area contributed by atoms with Gasteiger partial charge in [0.15, 0.2) is 11.8 Å². The first-order valence-electron chi connectivity index (χ1n) is 10.1. The molecule has 162 valence electrons. The molecule has 2 heterocycles. The summed E-state index contributed by atoms with van der Waals surface area (Å²) in [5.74, 6) is 3.01. The average molecular weight is 508 g/mol. The first-order valence-corrected chi connectivity index (χ1v) is 10.1. The van der Waals surface area contributed by atoms with Crippen LogP contribution in [-0.4, -0.2) is 59.2 Å². The van der Waals surface area contributed by atoms with E-state index >= 15 is 0 Å². The average Bonchev–Trinajstić information content (AvgIpc) is 3.27. The number of halogens is 1. The minimum absolute atomic E-state index is 0. The molecular formula is C19H37IN6O2. The van der Waals surface area contributed by atoms with E-state index in [2.05, 4.69) is 34.7 Å². The third-order valence-corrected chi connectivity index (χ3v) is 4.93. The van der Waals surface area contributed by atoms with Crippen molar-refractivity contribution < 1.29 is 9.47 Å². The molecule has 0 spiro atoms. The fraction of sp³-hybridized carbons (Fsp3) is 0.842. The summed E-state index contributed by atoms with van der Waals surface area (Å²) in [6.45, 7) is 12.0. The van der Waals surface area contributed by atoms with E-state index in [9.17, 15) is 0 Å². The number of aryl methyl sites for hydroxylation is 1. The van der Waals surface area contributed by atoms with Crippen LogP contribution in [0.15, 0.2) is 4.99 Å². The highest BCUT2D eigenvalue weighted by Crippen LogP contribution is 2.11. The van der Waals surface area contributed by atoms with Crippen molar-refractivity contribution in [1.82, 2.24) is 25.4 Å². The molecule has 2 unspecified atom stereocenters. The van der Waals surface area contributed by atoms with Gasteiger partial charge in [0.25, 0.3) is 0 Å². The molecule has 1 fully saturated rings. The predicted molar refractivity (Wildman–Crippen MR) is 122 cm³/mol. The molecule has 28 heavy (non-hydrogen) atoms. The summed E-state index contributed by atoms with van der Waals surface area (Å²) in [6, 6.07) is 0. The van der Waals surface area contributed by atoms with Crippen molar-refractivity contribution in [1.29, 1.82) is 0 Å². The van der Waals surface area contributed by atoms with E-state index in [1.54, 1.807) is 0 Å². The third-order valence-electron chi connectivity index (χ3n) is 4.93. The maximum absolute atomic E-state index is 5.83. The summed E-state index contributed by atoms with van der Waals surface area (Å²) in [4.78, 5) is 4.69. The molecule has 1 aromatic rings. The van der Waals surface area contributed by atoms with Gasteiger partial charge in [0, 0.05) is 33.4 Å². The van der Waals surface area contributed by atoms with Crippen molar-refractivity contribution in [3.8, 4) is 0 Å². The quantitative estimate of drug-likeness (QED) is 0.287. The van der Waals surface area contributed by atoms with Crippen LogP contribution >= 0.6 is 24.0 Å². The van der Waals surface area contributed by atoms with E-state index < -0.39 is 0 Å². The van der Waals surface area contributed by atoms with Crippen molar-refractivity contribution in [3.63, 3.8) is 0 Å². The lowest BCUT2D eigenvalue weighted by atomic mass is 10.0. The number of aliphatic imine (C=N–C) groups is 1. The molecule has 0 amide bonds. The van der Waals surface area contributed by atoms with Crippen molar-refractivity contribution in [3.05, 3.63) is 11.6 Å². The van der Waals surface area contributed by atoms with Gasteiger partial charge < -0.3 is 24.7 Å². The molecule has 1 aliphatic rings. The molecule has 8 nitrogen and oxygen atoms in total. The van der Waals surface area contributed by atoms with Gasteiger partial charge in [-0.05, 0) is 39.0 Å². The summed E-state index contributed by atoms with van der Waals surface area (Å²) in [5.41, 5.74) is 0. The topological polar surface area (TPSA) is 85.6 Å². The molecule has 0 saturated carbocycles. The van der Waals surface area contributed by atoms with Crippen LogP contribution in [0.3, 0.4) is 0 Å². The third kappa shape index (κ3) is 8.20. The van der Waals surface area contributed by atoms with Crippen LogP contribution in [0, 0.1) is 12.8 Å². The van der Waals surface area contributed by atoms with Crippen LogP contribution in [-0.2, 0) is 23.1 Å². The summed E-state index contributed by atoms with van der Waals surface area (Å²) in [5, 5.41) is 15.1. The number of hydrogen-bond acceptors (Lipinski definition) is 5. The zero-order chi connectivity index (χ0) is 19.6. The predicted octanol–water partition coefficient (Wildman–Crippen LogP) is 2.41. The van der Waals surface area contributed by atoms with Crippen molar-refractivity contribution in [2.75, 3.05) is 26.3 Å². The highest BCUT2D eigenvalue weighted by atomic mass is 127. The molecule has 0 radical (unpaired) electrons. The van der Waals surface area contributed by atoms with E-state index in [-0.39, 0.29) is 36.2 Å². The van der Waals surface area contributed by atoms with Gasteiger partial charge >= 0.3 is 0 Å². The Balaban J connectivity index is 0.00000392. The normalized spacial score (nSPS) is 18.2. The Morgan fingerprint density at radius 1 is 1.36 bits per heavy atom. The zero-order valence-corrected chi connectivity index (χ0v) is 20.2. The molecule has 2 atom stereocenters. The Hall–Kier alpha value is -0.940. The van der Waals surface area contributed by atoms with E-state index in [0.29, 0.717) is 12.5 Å². The smallest absolute Gasteiger partial charge is 0.191 e. The van der Waals surface area contributed by atoms with E-state index in [1.165, 1.54) is 0 Å². The summed E-state index contributed by atoms with van der Waals surface area (Å²) in [6.07, 6.45) is 3.69. The van der Waals surface area contributed by atoms with Gasteiger partial charge in [0.05, 0.1) is 12.2 Å².